The highest BCUT2D eigenvalue weighted by Gasteiger charge is 2.03. The minimum absolute atomic E-state index is 0.0280. The van der Waals surface area contributed by atoms with Crippen LogP contribution in [-0.4, -0.2) is 17.6 Å². The third kappa shape index (κ3) is 4.89. The third-order valence-corrected chi connectivity index (χ3v) is 2.83. The molecule has 0 aliphatic carbocycles. The Hall–Kier alpha value is -2.40. The van der Waals surface area contributed by atoms with Gasteiger partial charge in [0, 0.05) is 5.69 Å². The molecule has 5 heteroatoms. The second kappa shape index (κ2) is 7.40. The molecule has 0 unspecified atom stereocenters. The van der Waals surface area contributed by atoms with Gasteiger partial charge in [-0.2, -0.15) is 0 Å². The minimum atomic E-state index is -0.327. The Morgan fingerprint density at radius 3 is 2.38 bits per heavy atom. The fourth-order valence-corrected chi connectivity index (χ4v) is 1.71. The Bertz CT molecular complexity index is 581. The van der Waals surface area contributed by atoms with Crippen molar-refractivity contribution in [1.82, 2.24) is 0 Å². The van der Waals surface area contributed by atoms with E-state index in [1.54, 1.807) is 24.3 Å². The average molecular weight is 289 g/mol. The van der Waals surface area contributed by atoms with E-state index < -0.39 is 0 Å². The van der Waals surface area contributed by atoms with Crippen LogP contribution in [0, 0.1) is 5.82 Å². The molecule has 2 aromatic carbocycles. The smallest absolute Gasteiger partial charge is 0.227 e. The third-order valence-electron chi connectivity index (χ3n) is 2.83. The van der Waals surface area contributed by atoms with Crippen LogP contribution in [0.25, 0.3) is 0 Å². The highest BCUT2D eigenvalue weighted by molar-refractivity contribution is 5.90. The lowest BCUT2D eigenvalue weighted by atomic mass is 10.2. The van der Waals surface area contributed by atoms with Crippen molar-refractivity contribution in [3.05, 3.63) is 59.9 Å². The van der Waals surface area contributed by atoms with Gasteiger partial charge in [-0.1, -0.05) is 12.1 Å². The molecule has 1 amide bonds. The van der Waals surface area contributed by atoms with Crippen LogP contribution in [0.15, 0.2) is 48.5 Å². The quantitative estimate of drug-likeness (QED) is 0.859. The fourth-order valence-electron chi connectivity index (χ4n) is 1.71. The average Bonchev–Trinajstić information content (AvgIpc) is 2.50. The molecule has 0 saturated carbocycles. The van der Waals surface area contributed by atoms with Crippen LogP contribution in [0.5, 0.6) is 5.75 Å². The molecule has 2 aromatic rings. The number of ether oxygens (including phenoxy) is 1. The maximum atomic E-state index is 12.7. The number of halogens is 1. The lowest BCUT2D eigenvalue weighted by Crippen LogP contribution is -2.15. The second-order valence-corrected chi connectivity index (χ2v) is 4.46. The number of anilines is 1. The molecule has 0 aliphatic heterocycles. The van der Waals surface area contributed by atoms with E-state index in [4.69, 9.17) is 9.84 Å². The monoisotopic (exact) mass is 289 g/mol. The number of carbonyl (C=O) groups is 1. The summed E-state index contributed by atoms with van der Waals surface area (Å²) in [5, 5.41) is 11.7. The van der Waals surface area contributed by atoms with Gasteiger partial charge >= 0.3 is 0 Å². The Balaban J connectivity index is 1.75. The van der Waals surface area contributed by atoms with Gasteiger partial charge in [0.2, 0.25) is 5.91 Å². The van der Waals surface area contributed by atoms with Crippen LogP contribution in [0.1, 0.15) is 12.0 Å². The first kappa shape index (κ1) is 15.0. The van der Waals surface area contributed by atoms with E-state index in [-0.39, 0.29) is 31.4 Å². The van der Waals surface area contributed by atoms with E-state index in [1.165, 1.54) is 24.3 Å². The highest BCUT2D eigenvalue weighted by Crippen LogP contribution is 2.12. The maximum Gasteiger partial charge on any atom is 0.227 e. The van der Waals surface area contributed by atoms with Crippen LogP contribution in [0.2, 0.25) is 0 Å². The van der Waals surface area contributed by atoms with Crippen molar-refractivity contribution in [2.45, 2.75) is 13.0 Å². The summed E-state index contributed by atoms with van der Waals surface area (Å²) >= 11 is 0. The molecule has 0 fully saturated rings. The van der Waals surface area contributed by atoms with Gasteiger partial charge in [-0.3, -0.25) is 4.79 Å². The van der Waals surface area contributed by atoms with Gasteiger partial charge in [0.05, 0.1) is 19.6 Å². The van der Waals surface area contributed by atoms with Crippen LogP contribution in [0.4, 0.5) is 10.1 Å². The number of aliphatic hydroxyl groups is 1. The molecule has 0 bridgehead atoms. The molecule has 0 heterocycles. The Kier molecular flexibility index (Phi) is 5.29. The van der Waals surface area contributed by atoms with Crippen molar-refractivity contribution in [2.24, 2.45) is 0 Å². The zero-order chi connectivity index (χ0) is 15.1. The molecule has 0 aromatic heterocycles. The van der Waals surface area contributed by atoms with E-state index in [0.717, 1.165) is 5.56 Å². The molecule has 2 N–H and O–H groups in total. The summed E-state index contributed by atoms with van der Waals surface area (Å²) in [4.78, 5) is 11.7. The van der Waals surface area contributed by atoms with E-state index in [2.05, 4.69) is 5.32 Å². The van der Waals surface area contributed by atoms with Crippen molar-refractivity contribution in [3.8, 4) is 5.75 Å². The molecule has 4 nitrogen and oxygen atoms in total. The summed E-state index contributed by atoms with van der Waals surface area (Å²) in [7, 11) is 0. The SMILES string of the molecule is O=C(CCOc1ccc(F)cc1)Nc1ccc(CO)cc1. The molecular formula is C16H16FNO3. The minimum Gasteiger partial charge on any atom is -0.493 e. The molecule has 0 atom stereocenters. The first-order valence-corrected chi connectivity index (χ1v) is 6.55. The normalized spacial score (nSPS) is 10.2. The molecule has 0 aliphatic rings. The van der Waals surface area contributed by atoms with Gasteiger partial charge in [-0.25, -0.2) is 4.39 Å². The van der Waals surface area contributed by atoms with E-state index in [1.807, 2.05) is 0 Å². The fraction of sp³-hybridized carbons (Fsp3) is 0.188. The number of nitrogens with one attached hydrogen (secondary N) is 1. The van der Waals surface area contributed by atoms with E-state index >= 15 is 0 Å². The lowest BCUT2D eigenvalue weighted by molar-refractivity contribution is -0.116. The van der Waals surface area contributed by atoms with Gasteiger partial charge in [0.15, 0.2) is 0 Å². The van der Waals surface area contributed by atoms with Crippen molar-refractivity contribution in [1.29, 1.82) is 0 Å². The predicted molar refractivity (Wildman–Crippen MR) is 77.5 cm³/mol. The van der Waals surface area contributed by atoms with Gasteiger partial charge in [-0.05, 0) is 42.0 Å². The molecule has 21 heavy (non-hydrogen) atoms. The summed E-state index contributed by atoms with van der Waals surface area (Å²) in [5.41, 5.74) is 1.45. The summed E-state index contributed by atoms with van der Waals surface area (Å²) in [6.07, 6.45) is 0.194. The first-order valence-electron chi connectivity index (χ1n) is 6.55. The van der Waals surface area contributed by atoms with Crippen LogP contribution < -0.4 is 10.1 Å². The predicted octanol–water partition coefficient (Wildman–Crippen LogP) is 2.73. The zero-order valence-electron chi connectivity index (χ0n) is 11.4. The second-order valence-electron chi connectivity index (χ2n) is 4.46. The number of benzene rings is 2. The van der Waals surface area contributed by atoms with Crippen LogP contribution >= 0.6 is 0 Å². The van der Waals surface area contributed by atoms with E-state index in [0.29, 0.717) is 11.4 Å². The van der Waals surface area contributed by atoms with Crippen molar-refractivity contribution in [2.75, 3.05) is 11.9 Å². The summed E-state index contributed by atoms with van der Waals surface area (Å²) in [6, 6.07) is 12.6. The topological polar surface area (TPSA) is 58.6 Å². The summed E-state index contributed by atoms with van der Waals surface area (Å²) < 4.78 is 18.0. The van der Waals surface area contributed by atoms with Gasteiger partial charge in [0.25, 0.3) is 0 Å². The van der Waals surface area contributed by atoms with Gasteiger partial charge in [0.1, 0.15) is 11.6 Å². The highest BCUT2D eigenvalue weighted by atomic mass is 19.1. The number of rotatable bonds is 6. The summed E-state index contributed by atoms with van der Waals surface area (Å²) in [5.74, 6) is 0.0248. The number of hydrogen-bond acceptors (Lipinski definition) is 3. The van der Waals surface area contributed by atoms with Gasteiger partial charge in [-0.15, -0.1) is 0 Å². The van der Waals surface area contributed by atoms with Gasteiger partial charge < -0.3 is 15.2 Å². The number of carbonyl (C=O) groups excluding carboxylic acids is 1. The Morgan fingerprint density at radius 2 is 1.76 bits per heavy atom. The Labute approximate surface area is 122 Å². The standard InChI is InChI=1S/C16H16FNO3/c17-13-3-7-15(8-4-13)21-10-9-16(20)18-14-5-1-12(11-19)2-6-14/h1-8,19H,9-11H2,(H,18,20). The van der Waals surface area contributed by atoms with Crippen LogP contribution in [-0.2, 0) is 11.4 Å². The molecular weight excluding hydrogens is 273 g/mol. The lowest BCUT2D eigenvalue weighted by Gasteiger charge is -2.07. The number of aliphatic hydroxyl groups excluding tert-OH is 1. The van der Waals surface area contributed by atoms with Crippen LogP contribution in [0.3, 0.4) is 0 Å². The molecule has 0 radical (unpaired) electrons. The number of hydrogen-bond donors (Lipinski definition) is 2. The van der Waals surface area contributed by atoms with E-state index in [9.17, 15) is 9.18 Å². The molecule has 0 spiro atoms. The number of amides is 1. The maximum absolute atomic E-state index is 12.7. The largest absolute Gasteiger partial charge is 0.493 e. The molecule has 110 valence electrons. The van der Waals surface area contributed by atoms with Crippen molar-refractivity contribution < 1.29 is 19.0 Å². The summed E-state index contributed by atoms with van der Waals surface area (Å²) in [6.45, 7) is 0.186. The first-order chi connectivity index (χ1) is 10.2. The zero-order valence-corrected chi connectivity index (χ0v) is 11.4. The Morgan fingerprint density at radius 1 is 1.10 bits per heavy atom. The van der Waals surface area contributed by atoms with Crippen molar-refractivity contribution in [3.63, 3.8) is 0 Å². The molecule has 2 rings (SSSR count). The van der Waals surface area contributed by atoms with Crippen molar-refractivity contribution >= 4 is 11.6 Å². The molecule has 0 saturated heterocycles.